The Labute approximate surface area is 194 Å². The van der Waals surface area contributed by atoms with Gasteiger partial charge in [-0.05, 0) is 48.3 Å². The average Bonchev–Trinajstić information content (AvgIpc) is 3.46. The van der Waals surface area contributed by atoms with Crippen LogP contribution in [0, 0.1) is 23.7 Å². The van der Waals surface area contributed by atoms with E-state index in [-0.39, 0.29) is 47.2 Å². The van der Waals surface area contributed by atoms with Gasteiger partial charge in [0.2, 0.25) is 11.8 Å². The maximum Gasteiger partial charge on any atom is 0.326 e. The Morgan fingerprint density at radius 3 is 2.34 bits per heavy atom. The van der Waals surface area contributed by atoms with Crippen LogP contribution in [0.5, 0.6) is 0 Å². The average molecular weight is 496 g/mol. The number of hydrogen-bond donors (Lipinski definition) is 0. The lowest BCUT2D eigenvalue weighted by atomic mass is 9.73. The maximum absolute atomic E-state index is 13.1. The fourth-order valence-corrected chi connectivity index (χ4v) is 6.06. The van der Waals surface area contributed by atoms with Gasteiger partial charge >= 0.3 is 5.97 Å². The smallest absolute Gasteiger partial charge is 0.326 e. The molecule has 0 radical (unpaired) electrons. The lowest BCUT2D eigenvalue weighted by Gasteiger charge is -2.28. The van der Waals surface area contributed by atoms with Crippen molar-refractivity contribution in [2.75, 3.05) is 13.2 Å². The van der Waals surface area contributed by atoms with Crippen molar-refractivity contribution in [3.05, 3.63) is 70.2 Å². The van der Waals surface area contributed by atoms with E-state index in [2.05, 4.69) is 28.1 Å². The van der Waals surface area contributed by atoms with Crippen LogP contribution >= 0.6 is 15.9 Å². The lowest BCUT2D eigenvalue weighted by Crippen LogP contribution is -2.38. The second kappa shape index (κ2) is 8.28. The number of amides is 2. The third-order valence-corrected chi connectivity index (χ3v) is 7.68. The lowest BCUT2D eigenvalue weighted by molar-refractivity contribution is -0.152. The molecule has 2 aromatic rings. The van der Waals surface area contributed by atoms with Gasteiger partial charge in [-0.25, -0.2) is 0 Å². The molecule has 2 bridgehead atoms. The van der Waals surface area contributed by atoms with E-state index in [0.29, 0.717) is 5.56 Å². The van der Waals surface area contributed by atoms with Crippen molar-refractivity contribution in [2.45, 2.75) is 18.8 Å². The van der Waals surface area contributed by atoms with E-state index in [1.165, 1.54) is 5.56 Å². The van der Waals surface area contributed by atoms with Crippen molar-refractivity contribution < 1.29 is 23.9 Å². The van der Waals surface area contributed by atoms with Gasteiger partial charge in [0.25, 0.3) is 0 Å². The number of esters is 1. The van der Waals surface area contributed by atoms with Gasteiger partial charge in [0, 0.05) is 10.0 Å². The predicted molar refractivity (Wildman–Crippen MR) is 119 cm³/mol. The molecular formula is C25H22BrNO5. The number of Topliss-reactive ketones (excluding diaryl/α,β-unsaturated/α-hetero) is 1. The Morgan fingerprint density at radius 1 is 0.938 bits per heavy atom. The van der Waals surface area contributed by atoms with Crippen LogP contribution in [0.25, 0.3) is 0 Å². The number of fused-ring (bicyclic) bond motifs is 5. The maximum atomic E-state index is 13.1. The van der Waals surface area contributed by atoms with Crippen molar-refractivity contribution in [3.63, 3.8) is 0 Å². The zero-order valence-electron chi connectivity index (χ0n) is 17.3. The van der Waals surface area contributed by atoms with E-state index in [1.807, 2.05) is 18.2 Å². The quantitative estimate of drug-likeness (QED) is 0.347. The first-order valence-corrected chi connectivity index (χ1v) is 11.6. The summed E-state index contributed by atoms with van der Waals surface area (Å²) < 4.78 is 5.92. The number of carbonyl (C=O) groups is 4. The fraction of sp³-hybridized carbons (Fsp3) is 0.360. The van der Waals surface area contributed by atoms with Crippen LogP contribution in [0.4, 0.5) is 0 Å². The summed E-state index contributed by atoms with van der Waals surface area (Å²) in [5.74, 6) is -1.74. The number of ketones is 1. The molecule has 6 nitrogen and oxygen atoms in total. The molecule has 2 saturated carbocycles. The number of nitrogens with zero attached hydrogens (tertiary/aromatic N) is 1. The largest absolute Gasteiger partial charge is 0.456 e. The first kappa shape index (κ1) is 21.1. The highest BCUT2D eigenvalue weighted by molar-refractivity contribution is 9.10. The molecule has 2 aliphatic carbocycles. The van der Waals surface area contributed by atoms with E-state index in [4.69, 9.17) is 4.74 Å². The van der Waals surface area contributed by atoms with Crippen molar-refractivity contribution in [3.8, 4) is 0 Å². The Kier molecular flexibility index (Phi) is 5.45. The molecule has 0 N–H and O–H groups in total. The second-order valence-electron chi connectivity index (χ2n) is 8.82. The number of ether oxygens (including phenoxy) is 1. The Bertz CT molecular complexity index is 1080. The molecule has 164 valence electrons. The molecule has 1 aliphatic heterocycles. The van der Waals surface area contributed by atoms with E-state index in [0.717, 1.165) is 22.2 Å². The second-order valence-corrected chi connectivity index (χ2v) is 9.73. The molecular weight excluding hydrogens is 474 g/mol. The van der Waals surface area contributed by atoms with Crippen molar-refractivity contribution in [1.29, 1.82) is 0 Å². The zero-order chi connectivity index (χ0) is 22.4. The highest BCUT2D eigenvalue weighted by Crippen LogP contribution is 2.61. The van der Waals surface area contributed by atoms with Crippen molar-refractivity contribution in [2.24, 2.45) is 23.7 Å². The number of benzene rings is 2. The molecule has 3 aliphatic rings. The predicted octanol–water partition coefficient (Wildman–Crippen LogP) is 3.60. The third-order valence-electron chi connectivity index (χ3n) is 7.15. The fourth-order valence-electron chi connectivity index (χ4n) is 5.80. The molecule has 5 atom stereocenters. The van der Waals surface area contributed by atoms with E-state index in [1.54, 1.807) is 24.3 Å². The molecule has 7 heteroatoms. The topological polar surface area (TPSA) is 80.8 Å². The number of halogens is 1. The normalized spacial score (nSPS) is 28.2. The highest BCUT2D eigenvalue weighted by atomic mass is 79.9. The molecule has 1 saturated heterocycles. The number of likely N-dealkylation sites (tertiary alicyclic amines) is 1. The van der Waals surface area contributed by atoms with Gasteiger partial charge in [0.05, 0.1) is 11.8 Å². The van der Waals surface area contributed by atoms with Crippen LogP contribution in [0.2, 0.25) is 0 Å². The number of rotatable bonds is 6. The molecule has 5 rings (SSSR count). The van der Waals surface area contributed by atoms with Crippen LogP contribution < -0.4 is 0 Å². The van der Waals surface area contributed by atoms with Crippen molar-refractivity contribution in [1.82, 2.24) is 4.90 Å². The van der Waals surface area contributed by atoms with Crippen LogP contribution in [-0.4, -0.2) is 41.6 Å². The summed E-state index contributed by atoms with van der Waals surface area (Å²) in [4.78, 5) is 51.7. The number of hydrogen-bond acceptors (Lipinski definition) is 5. The summed E-state index contributed by atoms with van der Waals surface area (Å²) in [5, 5.41) is 0. The third kappa shape index (κ3) is 3.58. The zero-order valence-corrected chi connectivity index (χ0v) is 18.9. The van der Waals surface area contributed by atoms with Crippen LogP contribution in [0.1, 0.15) is 34.7 Å². The minimum atomic E-state index is -0.746. The molecule has 0 unspecified atom stereocenters. The Hall–Kier alpha value is -2.80. The van der Waals surface area contributed by atoms with Gasteiger partial charge < -0.3 is 4.74 Å². The molecule has 1 heterocycles. The van der Waals surface area contributed by atoms with Gasteiger partial charge in [-0.3, -0.25) is 24.1 Å². The van der Waals surface area contributed by atoms with Crippen molar-refractivity contribution >= 4 is 39.5 Å². The van der Waals surface area contributed by atoms with Gasteiger partial charge in [-0.2, -0.15) is 0 Å². The summed E-state index contributed by atoms with van der Waals surface area (Å²) in [6, 6.07) is 16.9. The number of carbonyl (C=O) groups excluding carboxylic acids is 4. The van der Waals surface area contributed by atoms with Crippen LogP contribution in [0.15, 0.2) is 59.1 Å². The highest BCUT2D eigenvalue weighted by Gasteiger charge is 2.64. The molecule has 2 amide bonds. The van der Waals surface area contributed by atoms with Gasteiger partial charge in [-0.15, -0.1) is 0 Å². The van der Waals surface area contributed by atoms with E-state index < -0.39 is 19.1 Å². The minimum Gasteiger partial charge on any atom is -0.456 e. The summed E-state index contributed by atoms with van der Waals surface area (Å²) in [7, 11) is 0. The van der Waals surface area contributed by atoms with Crippen LogP contribution in [0.3, 0.4) is 0 Å². The van der Waals surface area contributed by atoms with Gasteiger partial charge in [0.15, 0.2) is 12.4 Å². The Morgan fingerprint density at radius 2 is 1.62 bits per heavy atom. The molecule has 32 heavy (non-hydrogen) atoms. The van der Waals surface area contributed by atoms with E-state index >= 15 is 0 Å². The minimum absolute atomic E-state index is 0.129. The summed E-state index contributed by atoms with van der Waals surface area (Å²) in [6.45, 7) is -0.862. The first-order valence-electron chi connectivity index (χ1n) is 10.8. The summed E-state index contributed by atoms with van der Waals surface area (Å²) in [5.41, 5.74) is 1.63. The molecule has 0 spiro atoms. The number of imide groups is 1. The molecule has 2 aromatic carbocycles. The molecule has 3 fully saturated rings. The molecule has 0 aromatic heterocycles. The van der Waals surface area contributed by atoms with Crippen LogP contribution in [-0.2, 0) is 19.1 Å². The van der Waals surface area contributed by atoms with E-state index in [9.17, 15) is 19.2 Å². The summed E-state index contributed by atoms with van der Waals surface area (Å²) in [6.07, 6.45) is 1.78. The van der Waals surface area contributed by atoms with Gasteiger partial charge in [-0.1, -0.05) is 58.4 Å². The monoisotopic (exact) mass is 495 g/mol. The standard InChI is InChI=1S/C25H22BrNO5/c26-17-8-6-15(7-9-17)20(28)13-32-21(29)12-27-24(30)22-16-10-18(14-4-2-1-3-5-14)19(11-16)23(22)25(27)31/h1-9,16,18-19,22-23H,10-13H2/t16-,18+,19+,22-,23-/m1/s1. The first-order chi connectivity index (χ1) is 15.4. The SMILES string of the molecule is O=C(CN1C(=O)[C@@H]2[C@H]3C[C@H]([C@H]2C1=O)[C@H](c1ccccc1)C3)OCC(=O)c1ccc(Br)cc1. The Balaban J connectivity index is 1.22. The van der Waals surface area contributed by atoms with Gasteiger partial charge in [0.1, 0.15) is 6.54 Å². The summed E-state index contributed by atoms with van der Waals surface area (Å²) >= 11 is 3.30.